The number of pyridine rings is 1. The van der Waals surface area contributed by atoms with Crippen LogP contribution >= 0.6 is 7.26 Å². The Kier molecular flexibility index (Phi) is 10.2. The van der Waals surface area contributed by atoms with E-state index >= 15 is 0 Å². The minimum Gasteiger partial charge on any atom is -0.264 e. The van der Waals surface area contributed by atoms with Gasteiger partial charge in [-0.3, -0.25) is 4.98 Å². The van der Waals surface area contributed by atoms with E-state index in [4.69, 9.17) is 0 Å². The molecule has 0 saturated heterocycles. The first-order valence-electron chi connectivity index (χ1n) is 13.3. The van der Waals surface area contributed by atoms with Crippen LogP contribution < -0.4 is 26.5 Å². The predicted octanol–water partition coefficient (Wildman–Crippen LogP) is 4.21. The Morgan fingerprint density at radius 1 is 0.632 bits per heavy atom. The molecule has 0 saturated carbocycles. The molecule has 4 aromatic rings. The summed E-state index contributed by atoms with van der Waals surface area (Å²) in [6.07, 6.45) is 7.63. The Morgan fingerprint density at radius 3 is 1.71 bits per heavy atom. The van der Waals surface area contributed by atoms with Gasteiger partial charge in [0.05, 0.1) is 0 Å². The molecule has 0 bridgehead atoms. The second-order valence-corrected chi connectivity index (χ2v) is 13.5. The quantitative estimate of drug-likeness (QED) is 0.203. The zero-order valence-corrected chi connectivity index (χ0v) is 22.7. The first kappa shape index (κ1) is 27.2. The number of unbranched alkanes of at least 4 members (excludes halogenated alkanes) is 2. The van der Waals surface area contributed by atoms with Crippen molar-refractivity contribution in [2.75, 3.05) is 19.3 Å². The van der Waals surface area contributed by atoms with Gasteiger partial charge >= 0.3 is 197 Å². The van der Waals surface area contributed by atoms with Gasteiger partial charge in [0.1, 0.15) is 0 Å². The molecule has 0 radical (unpaired) electrons. The molecule has 2 N–H and O–H groups in total. The third-order valence-electron chi connectivity index (χ3n) is 6.91. The van der Waals surface area contributed by atoms with Crippen molar-refractivity contribution < 1.29 is 9.59 Å². The molecule has 0 unspecified atom stereocenters. The van der Waals surface area contributed by atoms with Crippen molar-refractivity contribution in [3.8, 4) is 0 Å². The van der Waals surface area contributed by atoms with E-state index in [0.29, 0.717) is 25.1 Å². The van der Waals surface area contributed by atoms with Crippen molar-refractivity contribution >= 4 is 35.0 Å². The molecule has 0 atom stereocenters. The van der Waals surface area contributed by atoms with Crippen LogP contribution in [0.15, 0.2) is 116 Å². The van der Waals surface area contributed by atoms with Crippen LogP contribution in [0.5, 0.6) is 0 Å². The van der Waals surface area contributed by atoms with Crippen LogP contribution in [0.25, 0.3) is 0 Å². The SMILES string of the molecule is O=C(CCCCC[PH](c1ccccc1)(c1ccccc1)c1ccccc1)NCCNC(=O)c1cccnc1. The number of carbonyl (C=O) groups excluding carboxylic acids is 2. The normalized spacial score (nSPS) is 11.5. The molecule has 1 aromatic heterocycles. The van der Waals surface area contributed by atoms with Gasteiger partial charge in [-0.25, -0.2) is 0 Å². The number of aromatic nitrogens is 1. The number of nitrogens with zero attached hydrogens (tertiary/aromatic N) is 1. The van der Waals surface area contributed by atoms with E-state index in [1.165, 1.54) is 22.1 Å². The smallest absolute Gasteiger partial charge is 0.264 e. The number of carbonyl (C=O) groups is 2. The summed E-state index contributed by atoms with van der Waals surface area (Å²) in [5.41, 5.74) is 0.514. The van der Waals surface area contributed by atoms with Crippen LogP contribution in [-0.4, -0.2) is 36.0 Å². The molecule has 5 nitrogen and oxygen atoms in total. The number of amides is 2. The van der Waals surface area contributed by atoms with Gasteiger partial charge < -0.3 is 0 Å². The summed E-state index contributed by atoms with van der Waals surface area (Å²) in [4.78, 5) is 28.4. The van der Waals surface area contributed by atoms with Gasteiger partial charge in [0, 0.05) is 12.4 Å². The third kappa shape index (κ3) is 7.14. The van der Waals surface area contributed by atoms with Crippen molar-refractivity contribution in [3.63, 3.8) is 0 Å². The second kappa shape index (κ2) is 14.2. The Bertz CT molecular complexity index is 1170. The zero-order valence-electron chi connectivity index (χ0n) is 21.7. The van der Waals surface area contributed by atoms with E-state index in [-0.39, 0.29) is 11.8 Å². The van der Waals surface area contributed by atoms with Gasteiger partial charge in [0.25, 0.3) is 0 Å². The molecule has 0 aliphatic heterocycles. The molecule has 3 aromatic carbocycles. The van der Waals surface area contributed by atoms with Crippen LogP contribution in [0.1, 0.15) is 36.0 Å². The van der Waals surface area contributed by atoms with Crippen LogP contribution in [0.3, 0.4) is 0 Å². The fourth-order valence-electron chi connectivity index (χ4n) is 5.02. The van der Waals surface area contributed by atoms with Crippen molar-refractivity contribution in [1.29, 1.82) is 0 Å². The van der Waals surface area contributed by atoms with Crippen LogP contribution in [0.4, 0.5) is 0 Å². The monoisotopic (exact) mass is 525 g/mol. The van der Waals surface area contributed by atoms with Crippen molar-refractivity contribution in [3.05, 3.63) is 121 Å². The average Bonchev–Trinajstić information content (AvgIpc) is 2.99. The van der Waals surface area contributed by atoms with E-state index in [1.54, 1.807) is 18.3 Å². The Hall–Kier alpha value is -3.82. The molecule has 6 heteroatoms. The minimum absolute atomic E-state index is 0.0262. The predicted molar refractivity (Wildman–Crippen MR) is 159 cm³/mol. The minimum atomic E-state index is -2.21. The van der Waals surface area contributed by atoms with Gasteiger partial charge in [0.2, 0.25) is 0 Å². The summed E-state index contributed by atoms with van der Waals surface area (Å²) in [6.45, 7) is 0.801. The summed E-state index contributed by atoms with van der Waals surface area (Å²) in [7, 11) is -2.21. The molecule has 0 spiro atoms. The van der Waals surface area contributed by atoms with Crippen molar-refractivity contribution in [1.82, 2.24) is 15.6 Å². The molecule has 196 valence electrons. The second-order valence-electron chi connectivity index (χ2n) is 9.41. The Balaban J connectivity index is 1.30. The number of rotatable bonds is 13. The number of benzene rings is 3. The fraction of sp³-hybridized carbons (Fsp3) is 0.219. The maximum absolute atomic E-state index is 12.4. The molecule has 2 amide bonds. The van der Waals surface area contributed by atoms with E-state index < -0.39 is 7.26 Å². The third-order valence-corrected chi connectivity index (χ3v) is 12.0. The van der Waals surface area contributed by atoms with E-state index in [2.05, 4.69) is 107 Å². The summed E-state index contributed by atoms with van der Waals surface area (Å²) in [6, 6.07) is 36.3. The summed E-state index contributed by atoms with van der Waals surface area (Å²) >= 11 is 0. The van der Waals surface area contributed by atoms with Crippen LogP contribution in [0.2, 0.25) is 0 Å². The summed E-state index contributed by atoms with van der Waals surface area (Å²) in [5.74, 6) is -0.159. The molecular weight excluding hydrogens is 489 g/mol. The fourth-order valence-corrected chi connectivity index (χ4v) is 9.95. The van der Waals surface area contributed by atoms with Crippen molar-refractivity contribution in [2.45, 2.75) is 25.7 Å². The van der Waals surface area contributed by atoms with E-state index in [0.717, 1.165) is 25.4 Å². The number of hydrogen-bond donors (Lipinski definition) is 2. The van der Waals surface area contributed by atoms with Gasteiger partial charge in [-0.05, 0) is 12.1 Å². The van der Waals surface area contributed by atoms with Gasteiger partial charge in [0.15, 0.2) is 0 Å². The standard InChI is InChI=1S/C32H36N3O2P/c36-31(34-23-24-35-32(37)27-14-13-22-33-26-27)21-11-4-12-25-38(28-15-5-1-6-16-28,29-17-7-2-8-18-29)30-19-9-3-10-20-30/h1-3,5-10,13-20,22,26,38H,4,11-12,21,23-25H2,(H,34,36)(H,35,37). The molecule has 4 rings (SSSR count). The van der Waals surface area contributed by atoms with E-state index in [1.807, 2.05) is 0 Å². The molecule has 38 heavy (non-hydrogen) atoms. The first-order chi connectivity index (χ1) is 18.7. The Labute approximate surface area is 226 Å². The molecule has 0 aliphatic rings. The summed E-state index contributed by atoms with van der Waals surface area (Å²) in [5, 5.41) is 9.98. The maximum atomic E-state index is 12.4. The number of nitrogens with one attached hydrogen (secondary N) is 2. The zero-order chi connectivity index (χ0) is 26.5. The topological polar surface area (TPSA) is 71.1 Å². The Morgan fingerprint density at radius 2 is 1.18 bits per heavy atom. The summed E-state index contributed by atoms with van der Waals surface area (Å²) < 4.78 is 0. The van der Waals surface area contributed by atoms with Crippen molar-refractivity contribution in [2.24, 2.45) is 0 Å². The first-order valence-corrected chi connectivity index (χ1v) is 15.5. The van der Waals surface area contributed by atoms with E-state index in [9.17, 15) is 9.59 Å². The number of hydrogen-bond acceptors (Lipinski definition) is 3. The average molecular weight is 526 g/mol. The van der Waals surface area contributed by atoms with Gasteiger partial charge in [-0.15, -0.1) is 0 Å². The molecular formula is C32H36N3O2P. The van der Waals surface area contributed by atoms with Gasteiger partial charge in [-0.1, -0.05) is 0 Å². The molecule has 1 heterocycles. The molecule has 0 fully saturated rings. The van der Waals surface area contributed by atoms with Crippen LogP contribution in [0, 0.1) is 0 Å². The van der Waals surface area contributed by atoms with Gasteiger partial charge in [-0.2, -0.15) is 0 Å². The van der Waals surface area contributed by atoms with Crippen LogP contribution in [-0.2, 0) is 4.79 Å². The molecule has 0 aliphatic carbocycles.